The summed E-state index contributed by atoms with van der Waals surface area (Å²) >= 11 is 0. The van der Waals surface area contributed by atoms with Gasteiger partial charge < -0.3 is 11.1 Å². The lowest BCUT2D eigenvalue weighted by Gasteiger charge is -2.14. The number of hydrogen-bond donors (Lipinski definition) is 3. The molecule has 1 amide bonds. The van der Waals surface area contributed by atoms with Gasteiger partial charge in [0.15, 0.2) is 6.10 Å². The highest BCUT2D eigenvalue weighted by atomic mass is 16.7. The van der Waals surface area contributed by atoms with Crippen molar-refractivity contribution < 1.29 is 9.63 Å². The lowest BCUT2D eigenvalue weighted by Crippen LogP contribution is -2.28. The van der Waals surface area contributed by atoms with Crippen LogP contribution in [0.2, 0.25) is 0 Å². The van der Waals surface area contributed by atoms with Crippen LogP contribution >= 0.6 is 0 Å². The van der Waals surface area contributed by atoms with Gasteiger partial charge in [0.1, 0.15) is 0 Å². The molecule has 2 unspecified atom stereocenters. The van der Waals surface area contributed by atoms with E-state index in [1.54, 1.807) is 18.5 Å². The maximum absolute atomic E-state index is 12.5. The SMILES string of the molecule is NC(c1ccccc1)c1ccc(NC(=O)C2C=C(c3cccnc3)NO2)cc1. The zero-order chi connectivity index (χ0) is 19.3. The van der Waals surface area contributed by atoms with Crippen molar-refractivity contribution in [3.05, 3.63) is 102 Å². The fourth-order valence-corrected chi connectivity index (χ4v) is 2.99. The van der Waals surface area contributed by atoms with Crippen LogP contribution in [0.3, 0.4) is 0 Å². The van der Waals surface area contributed by atoms with E-state index in [1.807, 2.05) is 66.7 Å². The molecular formula is C22H20N4O2. The molecule has 6 nitrogen and oxygen atoms in total. The van der Waals surface area contributed by atoms with Gasteiger partial charge in [0.2, 0.25) is 0 Å². The lowest BCUT2D eigenvalue weighted by atomic mass is 9.99. The Labute approximate surface area is 163 Å². The number of pyridine rings is 1. The summed E-state index contributed by atoms with van der Waals surface area (Å²) in [6.45, 7) is 0. The van der Waals surface area contributed by atoms with E-state index in [4.69, 9.17) is 10.6 Å². The minimum atomic E-state index is -0.721. The minimum absolute atomic E-state index is 0.210. The highest BCUT2D eigenvalue weighted by molar-refractivity contribution is 5.97. The summed E-state index contributed by atoms with van der Waals surface area (Å²) in [6, 6.07) is 20.9. The van der Waals surface area contributed by atoms with Crippen molar-refractivity contribution in [2.24, 2.45) is 5.73 Å². The first-order valence-corrected chi connectivity index (χ1v) is 8.96. The van der Waals surface area contributed by atoms with Gasteiger partial charge in [-0.05, 0) is 41.5 Å². The van der Waals surface area contributed by atoms with Crippen LogP contribution in [0.25, 0.3) is 5.70 Å². The van der Waals surface area contributed by atoms with Crippen molar-refractivity contribution in [1.29, 1.82) is 0 Å². The molecule has 0 saturated carbocycles. The monoisotopic (exact) mass is 372 g/mol. The minimum Gasteiger partial charge on any atom is -0.323 e. The molecule has 2 heterocycles. The Balaban J connectivity index is 1.41. The van der Waals surface area contributed by atoms with Gasteiger partial charge in [-0.2, -0.15) is 0 Å². The van der Waals surface area contributed by atoms with E-state index in [0.29, 0.717) is 5.69 Å². The maximum atomic E-state index is 12.5. The molecule has 0 spiro atoms. The molecular weight excluding hydrogens is 352 g/mol. The standard InChI is InChI=1S/C22H20N4O2/c23-21(15-5-2-1-3-6-15)16-8-10-18(11-9-16)25-22(27)20-13-19(26-28-20)17-7-4-12-24-14-17/h1-14,20-21,26H,23H2,(H,25,27). The highest BCUT2D eigenvalue weighted by Gasteiger charge is 2.24. The van der Waals surface area contributed by atoms with Crippen LogP contribution in [0.1, 0.15) is 22.7 Å². The lowest BCUT2D eigenvalue weighted by molar-refractivity contribution is -0.125. The Hall–Kier alpha value is -3.48. The Morgan fingerprint density at radius 2 is 1.79 bits per heavy atom. The number of aromatic nitrogens is 1. The van der Waals surface area contributed by atoms with Crippen LogP contribution < -0.4 is 16.5 Å². The largest absolute Gasteiger partial charge is 0.323 e. The van der Waals surface area contributed by atoms with Crippen molar-refractivity contribution >= 4 is 17.3 Å². The Bertz CT molecular complexity index is 972. The molecule has 0 bridgehead atoms. The molecule has 140 valence electrons. The quantitative estimate of drug-likeness (QED) is 0.641. The first kappa shape index (κ1) is 17.9. The number of carbonyl (C=O) groups is 1. The molecule has 2 atom stereocenters. The maximum Gasteiger partial charge on any atom is 0.260 e. The van der Waals surface area contributed by atoms with E-state index < -0.39 is 6.10 Å². The molecule has 4 rings (SSSR count). The molecule has 0 fully saturated rings. The van der Waals surface area contributed by atoms with Crippen LogP contribution in [0, 0.1) is 0 Å². The number of anilines is 1. The summed E-state index contributed by atoms with van der Waals surface area (Å²) in [6.07, 6.45) is 4.40. The number of amides is 1. The predicted molar refractivity (Wildman–Crippen MR) is 108 cm³/mol. The smallest absolute Gasteiger partial charge is 0.260 e. The molecule has 0 radical (unpaired) electrons. The fraction of sp³-hybridized carbons (Fsp3) is 0.0909. The molecule has 2 aromatic carbocycles. The number of nitrogens with zero attached hydrogens (tertiary/aromatic N) is 1. The fourth-order valence-electron chi connectivity index (χ4n) is 2.99. The molecule has 3 aromatic rings. The van der Waals surface area contributed by atoms with Crippen LogP contribution in [0.4, 0.5) is 5.69 Å². The normalized spacial score (nSPS) is 16.8. The first-order chi connectivity index (χ1) is 13.7. The highest BCUT2D eigenvalue weighted by Crippen LogP contribution is 2.22. The summed E-state index contributed by atoms with van der Waals surface area (Å²) < 4.78 is 0. The zero-order valence-electron chi connectivity index (χ0n) is 15.1. The number of hydroxylamine groups is 1. The van der Waals surface area contributed by atoms with Crippen molar-refractivity contribution in [3.8, 4) is 0 Å². The van der Waals surface area contributed by atoms with E-state index in [2.05, 4.69) is 15.8 Å². The van der Waals surface area contributed by atoms with E-state index in [0.717, 1.165) is 22.4 Å². The summed E-state index contributed by atoms with van der Waals surface area (Å²) in [5.41, 5.74) is 13.4. The summed E-state index contributed by atoms with van der Waals surface area (Å²) in [7, 11) is 0. The molecule has 0 saturated heterocycles. The number of benzene rings is 2. The first-order valence-electron chi connectivity index (χ1n) is 8.96. The van der Waals surface area contributed by atoms with E-state index in [9.17, 15) is 4.79 Å². The number of carbonyl (C=O) groups excluding carboxylic acids is 1. The number of hydrogen-bond acceptors (Lipinski definition) is 5. The van der Waals surface area contributed by atoms with E-state index in [1.165, 1.54) is 0 Å². The van der Waals surface area contributed by atoms with Gasteiger partial charge in [-0.1, -0.05) is 42.5 Å². The summed E-state index contributed by atoms with van der Waals surface area (Å²) in [4.78, 5) is 21.9. The van der Waals surface area contributed by atoms with Crippen LogP contribution in [-0.2, 0) is 9.63 Å². The zero-order valence-corrected chi connectivity index (χ0v) is 15.1. The molecule has 0 aliphatic carbocycles. The molecule has 1 aliphatic rings. The van der Waals surface area contributed by atoms with Gasteiger partial charge in [-0.15, -0.1) is 0 Å². The average Bonchev–Trinajstić information content (AvgIpc) is 3.26. The molecule has 6 heteroatoms. The molecule has 1 aromatic heterocycles. The predicted octanol–water partition coefficient (Wildman–Crippen LogP) is 3.01. The van der Waals surface area contributed by atoms with Gasteiger partial charge in [0.05, 0.1) is 11.7 Å². The van der Waals surface area contributed by atoms with Gasteiger partial charge in [0, 0.05) is 23.6 Å². The third-order valence-electron chi connectivity index (χ3n) is 4.54. The third-order valence-corrected chi connectivity index (χ3v) is 4.54. The Morgan fingerprint density at radius 3 is 2.50 bits per heavy atom. The van der Waals surface area contributed by atoms with E-state index in [-0.39, 0.29) is 11.9 Å². The molecule has 1 aliphatic heterocycles. The van der Waals surface area contributed by atoms with Crippen molar-refractivity contribution in [3.63, 3.8) is 0 Å². The Morgan fingerprint density at radius 1 is 1.04 bits per heavy atom. The Kier molecular flexibility index (Phi) is 5.14. The van der Waals surface area contributed by atoms with Crippen molar-refractivity contribution in [1.82, 2.24) is 10.5 Å². The second-order valence-corrected chi connectivity index (χ2v) is 6.46. The van der Waals surface area contributed by atoms with Gasteiger partial charge in [-0.25, -0.2) is 0 Å². The van der Waals surface area contributed by atoms with Crippen molar-refractivity contribution in [2.75, 3.05) is 5.32 Å². The van der Waals surface area contributed by atoms with E-state index >= 15 is 0 Å². The number of nitrogens with two attached hydrogens (primary N) is 1. The van der Waals surface area contributed by atoms with Crippen LogP contribution in [0.15, 0.2) is 85.2 Å². The summed E-state index contributed by atoms with van der Waals surface area (Å²) in [5.74, 6) is -0.258. The second-order valence-electron chi connectivity index (χ2n) is 6.46. The van der Waals surface area contributed by atoms with Gasteiger partial charge >= 0.3 is 0 Å². The second kappa shape index (κ2) is 8.04. The number of rotatable bonds is 5. The van der Waals surface area contributed by atoms with Crippen LogP contribution in [-0.4, -0.2) is 17.0 Å². The molecule has 28 heavy (non-hydrogen) atoms. The topological polar surface area (TPSA) is 89.3 Å². The number of nitrogens with one attached hydrogen (secondary N) is 2. The van der Waals surface area contributed by atoms with Crippen LogP contribution in [0.5, 0.6) is 0 Å². The molecule has 4 N–H and O–H groups in total. The average molecular weight is 372 g/mol. The summed E-state index contributed by atoms with van der Waals surface area (Å²) in [5, 5.41) is 2.86. The van der Waals surface area contributed by atoms with Gasteiger partial charge in [-0.3, -0.25) is 20.1 Å². The third kappa shape index (κ3) is 3.93. The van der Waals surface area contributed by atoms with Crippen molar-refractivity contribution in [2.45, 2.75) is 12.1 Å². The van der Waals surface area contributed by atoms with Gasteiger partial charge in [0.25, 0.3) is 5.91 Å².